The first kappa shape index (κ1) is 12.1. The highest BCUT2D eigenvalue weighted by molar-refractivity contribution is 4.90. The zero-order chi connectivity index (χ0) is 10.8. The standard InChI is InChI=1S/2C7H14/c1-6(2)7(3)4-5-7;1-3-7(4-2)5-6-7/h6H,4-5H2,1-3H3;3-6H2,1-2H3. The van der Waals surface area contributed by atoms with Crippen LogP contribution in [0.3, 0.4) is 0 Å². The lowest BCUT2D eigenvalue weighted by molar-refractivity contribution is 0.397. The van der Waals surface area contributed by atoms with Gasteiger partial charge in [-0.15, -0.1) is 0 Å². The Morgan fingerprint density at radius 2 is 1.36 bits per heavy atom. The summed E-state index contributed by atoms with van der Waals surface area (Å²) >= 11 is 0. The summed E-state index contributed by atoms with van der Waals surface area (Å²) in [6.45, 7) is 11.6. The average Bonchev–Trinajstić information content (AvgIpc) is 3.02. The van der Waals surface area contributed by atoms with E-state index in [4.69, 9.17) is 0 Å². The topological polar surface area (TPSA) is 0 Å². The maximum atomic E-state index is 2.37. The Bertz CT molecular complexity index is 158. The van der Waals surface area contributed by atoms with E-state index in [-0.39, 0.29) is 0 Å². The number of rotatable bonds is 3. The molecule has 2 saturated carbocycles. The molecule has 0 unspecified atom stereocenters. The van der Waals surface area contributed by atoms with Gasteiger partial charge in [0.25, 0.3) is 0 Å². The molecule has 2 aliphatic carbocycles. The maximum absolute atomic E-state index is 2.37. The van der Waals surface area contributed by atoms with Crippen LogP contribution in [0.5, 0.6) is 0 Å². The lowest BCUT2D eigenvalue weighted by Gasteiger charge is -2.10. The molecule has 0 aromatic heterocycles. The van der Waals surface area contributed by atoms with E-state index in [9.17, 15) is 0 Å². The van der Waals surface area contributed by atoms with E-state index >= 15 is 0 Å². The van der Waals surface area contributed by atoms with Gasteiger partial charge in [0.15, 0.2) is 0 Å². The summed E-state index contributed by atoms with van der Waals surface area (Å²) in [7, 11) is 0. The Hall–Kier alpha value is 0. The first-order chi connectivity index (χ1) is 6.48. The van der Waals surface area contributed by atoms with Crippen LogP contribution in [-0.2, 0) is 0 Å². The molecule has 2 rings (SSSR count). The van der Waals surface area contributed by atoms with Gasteiger partial charge in [0, 0.05) is 0 Å². The molecule has 14 heavy (non-hydrogen) atoms. The molecular formula is C14H28. The summed E-state index contributed by atoms with van der Waals surface area (Å²) in [5.74, 6) is 0.910. The predicted molar refractivity (Wildman–Crippen MR) is 64.4 cm³/mol. The van der Waals surface area contributed by atoms with Crippen molar-refractivity contribution in [2.75, 3.05) is 0 Å². The second kappa shape index (κ2) is 4.24. The largest absolute Gasteiger partial charge is 0.0649 e. The van der Waals surface area contributed by atoms with Crippen LogP contribution in [0.25, 0.3) is 0 Å². The molecule has 0 heterocycles. The summed E-state index contributed by atoms with van der Waals surface area (Å²) in [4.78, 5) is 0. The van der Waals surface area contributed by atoms with Crippen LogP contribution < -0.4 is 0 Å². The molecule has 0 aromatic carbocycles. The third-order valence-corrected chi connectivity index (χ3v) is 4.89. The van der Waals surface area contributed by atoms with Gasteiger partial charge in [-0.2, -0.15) is 0 Å². The van der Waals surface area contributed by atoms with Gasteiger partial charge in [0.05, 0.1) is 0 Å². The summed E-state index contributed by atoms with van der Waals surface area (Å²) in [5, 5.41) is 0. The molecule has 0 aromatic rings. The van der Waals surface area contributed by atoms with Gasteiger partial charge in [0.1, 0.15) is 0 Å². The van der Waals surface area contributed by atoms with Gasteiger partial charge >= 0.3 is 0 Å². The van der Waals surface area contributed by atoms with E-state index < -0.39 is 0 Å². The Balaban J connectivity index is 0.000000140. The van der Waals surface area contributed by atoms with Gasteiger partial charge in [-0.25, -0.2) is 0 Å². The van der Waals surface area contributed by atoms with Crippen molar-refractivity contribution in [3.63, 3.8) is 0 Å². The first-order valence-electron chi connectivity index (χ1n) is 6.48. The van der Waals surface area contributed by atoms with Crippen molar-refractivity contribution in [3.8, 4) is 0 Å². The minimum absolute atomic E-state index is 0.750. The second-order valence-corrected chi connectivity index (χ2v) is 6.02. The van der Waals surface area contributed by atoms with Crippen molar-refractivity contribution >= 4 is 0 Å². The molecule has 0 radical (unpaired) electrons. The van der Waals surface area contributed by atoms with Crippen molar-refractivity contribution in [1.82, 2.24) is 0 Å². The highest BCUT2D eigenvalue weighted by atomic mass is 14.4. The van der Waals surface area contributed by atoms with E-state index in [0.717, 1.165) is 16.7 Å². The molecule has 2 fully saturated rings. The van der Waals surface area contributed by atoms with Crippen molar-refractivity contribution in [3.05, 3.63) is 0 Å². The molecule has 0 saturated heterocycles. The zero-order valence-corrected chi connectivity index (χ0v) is 10.8. The summed E-state index contributed by atoms with van der Waals surface area (Å²) in [6, 6.07) is 0. The monoisotopic (exact) mass is 196 g/mol. The Kier molecular flexibility index (Phi) is 3.66. The van der Waals surface area contributed by atoms with Gasteiger partial charge < -0.3 is 0 Å². The molecule has 0 nitrogen and oxygen atoms in total. The average molecular weight is 196 g/mol. The van der Waals surface area contributed by atoms with E-state index in [1.807, 2.05) is 0 Å². The Morgan fingerprint density at radius 1 is 0.929 bits per heavy atom. The van der Waals surface area contributed by atoms with Crippen molar-refractivity contribution in [1.29, 1.82) is 0 Å². The highest BCUT2D eigenvalue weighted by Gasteiger charge is 2.39. The van der Waals surface area contributed by atoms with E-state index in [2.05, 4.69) is 34.6 Å². The van der Waals surface area contributed by atoms with Crippen LogP contribution in [0.15, 0.2) is 0 Å². The van der Waals surface area contributed by atoms with Gasteiger partial charge in [-0.3, -0.25) is 0 Å². The van der Waals surface area contributed by atoms with Crippen LogP contribution >= 0.6 is 0 Å². The molecule has 0 heteroatoms. The highest BCUT2D eigenvalue weighted by Crippen LogP contribution is 2.51. The molecule has 0 amide bonds. The summed E-state index contributed by atoms with van der Waals surface area (Å²) in [6.07, 6.45) is 8.74. The van der Waals surface area contributed by atoms with Crippen LogP contribution in [0, 0.1) is 16.7 Å². The molecular weight excluding hydrogens is 168 g/mol. The minimum atomic E-state index is 0.750. The molecule has 0 aliphatic heterocycles. The molecule has 0 N–H and O–H groups in total. The lowest BCUT2D eigenvalue weighted by atomic mass is 9.95. The normalized spacial score (nSPS) is 25.3. The fraction of sp³-hybridized carbons (Fsp3) is 1.00. The third kappa shape index (κ3) is 3.00. The van der Waals surface area contributed by atoms with Crippen molar-refractivity contribution in [2.24, 2.45) is 16.7 Å². The third-order valence-electron chi connectivity index (χ3n) is 4.89. The SMILES string of the molecule is CC(C)C1(C)CC1.CCC1(CC)CC1. The van der Waals surface area contributed by atoms with Crippen LogP contribution in [-0.4, -0.2) is 0 Å². The fourth-order valence-electron chi connectivity index (χ4n) is 1.91. The van der Waals surface area contributed by atoms with Gasteiger partial charge in [0.2, 0.25) is 0 Å². The first-order valence-corrected chi connectivity index (χ1v) is 6.48. The van der Waals surface area contributed by atoms with Crippen molar-refractivity contribution < 1.29 is 0 Å². The van der Waals surface area contributed by atoms with Crippen molar-refractivity contribution in [2.45, 2.75) is 73.1 Å². The summed E-state index contributed by atoms with van der Waals surface area (Å²) < 4.78 is 0. The molecule has 0 atom stereocenters. The minimum Gasteiger partial charge on any atom is -0.0649 e. The van der Waals surface area contributed by atoms with E-state index in [1.165, 1.54) is 38.5 Å². The molecule has 0 bridgehead atoms. The fourth-order valence-corrected chi connectivity index (χ4v) is 1.91. The van der Waals surface area contributed by atoms with Crippen LogP contribution in [0.2, 0.25) is 0 Å². The second-order valence-electron chi connectivity index (χ2n) is 6.02. The predicted octanol–water partition coefficient (Wildman–Crippen LogP) is 5.03. The molecule has 0 spiro atoms. The lowest BCUT2D eigenvalue weighted by Crippen LogP contribution is -2.01. The molecule has 2 aliphatic rings. The Morgan fingerprint density at radius 3 is 1.36 bits per heavy atom. The van der Waals surface area contributed by atoms with Gasteiger partial charge in [-0.1, -0.05) is 47.5 Å². The smallest absolute Gasteiger partial charge is 0.0302 e. The zero-order valence-electron chi connectivity index (χ0n) is 10.8. The maximum Gasteiger partial charge on any atom is -0.0302 e. The Labute approximate surface area is 90.5 Å². The quantitative estimate of drug-likeness (QED) is 0.594. The van der Waals surface area contributed by atoms with E-state index in [1.54, 1.807) is 0 Å². The molecule has 84 valence electrons. The number of hydrogen-bond donors (Lipinski definition) is 0. The number of hydrogen-bond acceptors (Lipinski definition) is 0. The van der Waals surface area contributed by atoms with Crippen LogP contribution in [0.4, 0.5) is 0 Å². The summed E-state index contributed by atoms with van der Waals surface area (Å²) in [5.41, 5.74) is 1.58. The van der Waals surface area contributed by atoms with Gasteiger partial charge in [-0.05, 0) is 42.4 Å². The van der Waals surface area contributed by atoms with Crippen LogP contribution in [0.1, 0.15) is 73.1 Å². The van der Waals surface area contributed by atoms with E-state index in [0.29, 0.717) is 0 Å².